The van der Waals surface area contributed by atoms with Crippen molar-refractivity contribution in [3.63, 3.8) is 0 Å². The number of hydrogen-bond donors (Lipinski definition) is 0. The van der Waals surface area contributed by atoms with Gasteiger partial charge in [0.2, 0.25) is 0 Å². The number of ether oxygens (including phenoxy) is 1. The van der Waals surface area contributed by atoms with Crippen molar-refractivity contribution in [2.45, 2.75) is 0 Å². The number of halogens is 1. The molecule has 0 fully saturated rings. The summed E-state index contributed by atoms with van der Waals surface area (Å²) in [7, 11) is 1.25. The van der Waals surface area contributed by atoms with Crippen molar-refractivity contribution in [3.8, 4) is 0 Å². The van der Waals surface area contributed by atoms with E-state index >= 15 is 0 Å². The summed E-state index contributed by atoms with van der Waals surface area (Å²) in [6.45, 7) is 6.75. The van der Waals surface area contributed by atoms with E-state index in [0.29, 0.717) is 0 Å². The molecule has 80 valence electrons. The third-order valence-corrected chi connectivity index (χ3v) is 1.60. The highest BCUT2D eigenvalue weighted by atomic mass is 35.5. The largest absolute Gasteiger partial charge is 0.465 e. The number of benzene rings is 1. The topological polar surface area (TPSA) is 26.3 Å². The Kier molecular flexibility index (Phi) is 7.02. The Balaban J connectivity index is 0.000000265. The first-order chi connectivity index (χ1) is 7.11. The Labute approximate surface area is 94.8 Å². The second-order valence-corrected chi connectivity index (χ2v) is 2.97. The molecule has 0 heterocycles. The molecule has 2 nitrogen and oxygen atoms in total. The van der Waals surface area contributed by atoms with Crippen molar-refractivity contribution in [2.24, 2.45) is 0 Å². The Morgan fingerprint density at radius 2 is 1.93 bits per heavy atom. The summed E-state index contributed by atoms with van der Waals surface area (Å²) in [5.74, 6) is -0.582. The summed E-state index contributed by atoms with van der Waals surface area (Å²) in [5, 5.41) is -0.0949. The first-order valence-electron chi connectivity index (χ1n) is 4.22. The molecule has 0 aliphatic rings. The van der Waals surface area contributed by atoms with Crippen molar-refractivity contribution >= 4 is 23.6 Å². The van der Waals surface area contributed by atoms with Crippen LogP contribution in [0.25, 0.3) is 6.08 Å². The minimum atomic E-state index is -0.582. The van der Waals surface area contributed by atoms with E-state index in [1.165, 1.54) is 12.7 Å². The number of carbonyl (C=O) groups excluding carboxylic acids is 1. The van der Waals surface area contributed by atoms with Crippen LogP contribution in [0, 0.1) is 0 Å². The molecule has 0 bridgehead atoms. The molecule has 1 aromatic carbocycles. The highest BCUT2D eigenvalue weighted by Crippen LogP contribution is 1.97. The Hall–Kier alpha value is -1.54. The van der Waals surface area contributed by atoms with Gasteiger partial charge in [-0.1, -0.05) is 61.2 Å². The number of carbonyl (C=O) groups is 1. The number of methoxy groups -OCH3 is 1. The summed E-state index contributed by atoms with van der Waals surface area (Å²) in [6.07, 6.45) is 1.83. The molecule has 1 aromatic rings. The zero-order valence-electron chi connectivity index (χ0n) is 8.57. The van der Waals surface area contributed by atoms with Crippen molar-refractivity contribution in [1.82, 2.24) is 0 Å². The van der Waals surface area contributed by atoms with Gasteiger partial charge in [-0.3, -0.25) is 0 Å². The van der Waals surface area contributed by atoms with Crippen molar-refractivity contribution in [1.29, 1.82) is 0 Å². The summed E-state index contributed by atoms with van der Waals surface area (Å²) in [4.78, 5) is 10.1. The molecule has 0 saturated carbocycles. The van der Waals surface area contributed by atoms with Gasteiger partial charge in [-0.15, -0.1) is 0 Å². The Bertz CT molecular complexity index is 331. The van der Waals surface area contributed by atoms with Crippen LogP contribution in [-0.4, -0.2) is 13.1 Å². The van der Waals surface area contributed by atoms with Gasteiger partial charge in [-0.2, -0.15) is 0 Å². The zero-order valence-corrected chi connectivity index (χ0v) is 9.33. The standard InChI is InChI=1S/C8H8.C4H5ClO2/c1-2-8-6-4-3-5-7-8;1-3(5)4(6)7-2/h2-7H,1H2;1H2,2H3. The van der Waals surface area contributed by atoms with Crippen LogP contribution >= 0.6 is 11.6 Å². The van der Waals surface area contributed by atoms with Gasteiger partial charge in [0.15, 0.2) is 0 Å². The molecule has 0 aliphatic carbocycles. The lowest BCUT2D eigenvalue weighted by Crippen LogP contribution is -1.97. The first-order valence-corrected chi connectivity index (χ1v) is 4.59. The Morgan fingerprint density at radius 3 is 2.13 bits per heavy atom. The monoisotopic (exact) mass is 224 g/mol. The van der Waals surface area contributed by atoms with Gasteiger partial charge in [0.05, 0.1) is 7.11 Å². The van der Waals surface area contributed by atoms with Crippen LogP contribution in [0.1, 0.15) is 5.56 Å². The molecule has 0 amide bonds. The molecule has 0 saturated heterocycles. The van der Waals surface area contributed by atoms with Gasteiger partial charge in [-0.05, 0) is 5.56 Å². The molecule has 1 rings (SSSR count). The van der Waals surface area contributed by atoms with E-state index in [-0.39, 0.29) is 5.03 Å². The quantitative estimate of drug-likeness (QED) is 0.570. The molecule has 0 aromatic heterocycles. The lowest BCUT2D eigenvalue weighted by atomic mass is 10.2. The van der Waals surface area contributed by atoms with Gasteiger partial charge in [-0.25, -0.2) is 4.79 Å². The van der Waals surface area contributed by atoms with Gasteiger partial charge in [0.25, 0.3) is 0 Å². The van der Waals surface area contributed by atoms with Gasteiger partial charge < -0.3 is 4.74 Å². The fourth-order valence-electron chi connectivity index (χ4n) is 0.700. The van der Waals surface area contributed by atoms with E-state index < -0.39 is 5.97 Å². The van der Waals surface area contributed by atoms with Crippen LogP contribution in [0.3, 0.4) is 0 Å². The van der Waals surface area contributed by atoms with Gasteiger partial charge >= 0.3 is 5.97 Å². The maximum absolute atomic E-state index is 10.1. The highest BCUT2D eigenvalue weighted by Gasteiger charge is 1.98. The molecule has 0 unspecified atom stereocenters. The second kappa shape index (κ2) is 7.83. The summed E-state index contributed by atoms with van der Waals surface area (Å²) in [6, 6.07) is 10.0. The predicted molar refractivity (Wildman–Crippen MR) is 63.5 cm³/mol. The average Bonchev–Trinajstić information content (AvgIpc) is 2.29. The second-order valence-electron chi connectivity index (χ2n) is 2.51. The maximum Gasteiger partial charge on any atom is 0.348 e. The number of esters is 1. The minimum Gasteiger partial charge on any atom is -0.465 e. The van der Waals surface area contributed by atoms with E-state index in [1.807, 2.05) is 36.4 Å². The van der Waals surface area contributed by atoms with Crippen LogP contribution in [-0.2, 0) is 9.53 Å². The van der Waals surface area contributed by atoms with Gasteiger partial charge in [0.1, 0.15) is 5.03 Å². The van der Waals surface area contributed by atoms with E-state index in [4.69, 9.17) is 11.6 Å². The van der Waals surface area contributed by atoms with Crippen LogP contribution in [0.4, 0.5) is 0 Å². The fraction of sp³-hybridized carbons (Fsp3) is 0.0833. The van der Waals surface area contributed by atoms with Crippen LogP contribution in [0.2, 0.25) is 0 Å². The lowest BCUT2D eigenvalue weighted by molar-refractivity contribution is -0.135. The number of hydrogen-bond acceptors (Lipinski definition) is 2. The molecule has 3 heteroatoms. The highest BCUT2D eigenvalue weighted by molar-refractivity contribution is 6.40. The molecular weight excluding hydrogens is 212 g/mol. The average molecular weight is 225 g/mol. The Morgan fingerprint density at radius 1 is 1.40 bits per heavy atom. The first kappa shape index (κ1) is 13.5. The molecule has 0 aliphatic heterocycles. The van der Waals surface area contributed by atoms with E-state index in [2.05, 4.69) is 17.9 Å². The number of rotatable bonds is 2. The summed E-state index contributed by atoms with van der Waals surface area (Å²) in [5.41, 5.74) is 1.17. The van der Waals surface area contributed by atoms with Gasteiger partial charge in [0, 0.05) is 0 Å². The lowest BCUT2D eigenvalue weighted by Gasteiger charge is -1.89. The van der Waals surface area contributed by atoms with Crippen molar-refractivity contribution in [3.05, 3.63) is 54.1 Å². The fourth-order valence-corrected chi connectivity index (χ4v) is 0.777. The summed E-state index contributed by atoms with van der Waals surface area (Å²) < 4.78 is 4.14. The van der Waals surface area contributed by atoms with E-state index in [1.54, 1.807) is 0 Å². The summed E-state index contributed by atoms with van der Waals surface area (Å²) >= 11 is 5.06. The molecule has 0 spiro atoms. The van der Waals surface area contributed by atoms with Crippen LogP contribution in [0.15, 0.2) is 48.5 Å². The molecule has 0 N–H and O–H groups in total. The van der Waals surface area contributed by atoms with Crippen LogP contribution < -0.4 is 0 Å². The van der Waals surface area contributed by atoms with E-state index in [9.17, 15) is 4.79 Å². The maximum atomic E-state index is 10.1. The van der Waals surface area contributed by atoms with Crippen molar-refractivity contribution < 1.29 is 9.53 Å². The smallest absolute Gasteiger partial charge is 0.348 e. The molecule has 0 radical (unpaired) electrons. The van der Waals surface area contributed by atoms with E-state index in [0.717, 1.165) is 0 Å². The molecular formula is C12H13ClO2. The minimum absolute atomic E-state index is 0.0949. The van der Waals surface area contributed by atoms with Crippen LogP contribution in [0.5, 0.6) is 0 Å². The SMILES string of the molecule is C=C(Cl)C(=O)OC.C=Cc1ccccc1. The zero-order chi connectivity index (χ0) is 11.7. The molecule has 15 heavy (non-hydrogen) atoms. The third-order valence-electron chi connectivity index (χ3n) is 1.44. The normalized spacial score (nSPS) is 8.13. The third kappa shape index (κ3) is 6.52. The predicted octanol–water partition coefficient (Wildman–Crippen LogP) is 3.24. The van der Waals surface area contributed by atoms with Crippen molar-refractivity contribution in [2.75, 3.05) is 7.11 Å². The molecule has 0 atom stereocenters.